The summed E-state index contributed by atoms with van der Waals surface area (Å²) in [4.78, 5) is 17.9. The van der Waals surface area contributed by atoms with Crippen LogP contribution in [0.2, 0.25) is 0 Å². The topological polar surface area (TPSA) is 53.0 Å². The summed E-state index contributed by atoms with van der Waals surface area (Å²) in [6.45, 7) is 6.61. The van der Waals surface area contributed by atoms with Gasteiger partial charge in [-0.05, 0) is 93.0 Å². The van der Waals surface area contributed by atoms with Crippen molar-refractivity contribution in [2.45, 2.75) is 57.6 Å². The molecule has 0 aliphatic carbocycles. The summed E-state index contributed by atoms with van der Waals surface area (Å²) in [5.74, 6) is 0.0425. The number of hydrogen-bond acceptors (Lipinski definition) is 5. The fraction of sp³-hybridized carbons (Fsp3) is 0.519. The maximum absolute atomic E-state index is 11.3. The highest BCUT2D eigenvalue weighted by Crippen LogP contribution is 2.40. The summed E-state index contributed by atoms with van der Waals surface area (Å²) in [5.41, 5.74) is 4.25. The van der Waals surface area contributed by atoms with Crippen molar-refractivity contribution >= 4 is 22.9 Å². The molecule has 6 heteroatoms. The molecule has 4 heterocycles. The van der Waals surface area contributed by atoms with Crippen LogP contribution in [0.1, 0.15) is 60.1 Å². The Bertz CT molecular complexity index is 1000. The molecule has 0 amide bonds. The van der Waals surface area contributed by atoms with E-state index in [-0.39, 0.29) is 6.42 Å². The van der Waals surface area contributed by atoms with E-state index < -0.39 is 5.97 Å². The van der Waals surface area contributed by atoms with Crippen LogP contribution in [-0.2, 0) is 17.8 Å². The molecule has 0 saturated carbocycles. The quantitative estimate of drug-likeness (QED) is 0.646. The zero-order valence-corrected chi connectivity index (χ0v) is 20.1. The Morgan fingerprint density at radius 2 is 1.94 bits per heavy atom. The summed E-state index contributed by atoms with van der Waals surface area (Å²) in [7, 11) is 0. The first kappa shape index (κ1) is 22.6. The second-order valence-corrected chi connectivity index (χ2v) is 10.5. The van der Waals surface area contributed by atoms with Crippen molar-refractivity contribution in [2.75, 3.05) is 32.7 Å². The molecule has 0 bridgehead atoms. The van der Waals surface area contributed by atoms with E-state index in [9.17, 15) is 9.90 Å². The number of ether oxygens (including phenoxy) is 1. The molecule has 33 heavy (non-hydrogen) atoms. The van der Waals surface area contributed by atoms with Crippen LogP contribution in [-0.4, -0.2) is 59.6 Å². The molecule has 0 spiro atoms. The summed E-state index contributed by atoms with van der Waals surface area (Å²) >= 11 is 1.75. The van der Waals surface area contributed by atoms with Crippen LogP contribution in [0, 0.1) is 0 Å². The molecule has 0 radical (unpaired) electrons. The van der Waals surface area contributed by atoms with Crippen molar-refractivity contribution in [2.24, 2.45) is 0 Å². The molecule has 3 aliphatic rings. The third-order valence-electron chi connectivity index (χ3n) is 7.32. The Balaban J connectivity index is 1.28. The second kappa shape index (κ2) is 10.4. The molecule has 1 N–H and O–H groups in total. The number of carboxylic acid groups (broad SMARTS) is 1. The van der Waals surface area contributed by atoms with Gasteiger partial charge in [0.1, 0.15) is 12.4 Å². The van der Waals surface area contributed by atoms with Crippen LogP contribution in [0.15, 0.2) is 35.7 Å². The van der Waals surface area contributed by atoms with Gasteiger partial charge in [0.2, 0.25) is 0 Å². The van der Waals surface area contributed by atoms with E-state index in [4.69, 9.17) is 4.74 Å². The van der Waals surface area contributed by atoms with Crippen LogP contribution in [0.4, 0.5) is 0 Å². The number of piperidine rings is 2. The van der Waals surface area contributed by atoms with Gasteiger partial charge in [-0.3, -0.25) is 4.79 Å². The first-order chi connectivity index (χ1) is 16.2. The van der Waals surface area contributed by atoms with Crippen LogP contribution in [0.25, 0.3) is 5.57 Å². The summed E-state index contributed by atoms with van der Waals surface area (Å²) in [6.07, 6.45) is 10.1. The molecular formula is C27H34N2O3S. The molecule has 0 atom stereocenters. The van der Waals surface area contributed by atoms with Crippen LogP contribution < -0.4 is 4.74 Å². The zero-order valence-electron chi connectivity index (χ0n) is 19.3. The molecule has 2 fully saturated rings. The standard InChI is InChI=1S/C27H34N2O3S/c30-26(31)18-20-6-7-25-24(17-20)23(27-21(19-32-25)10-16-33-27)5-4-11-28-14-8-22(9-15-28)29-12-2-1-3-13-29/h5-7,10,16-17,22H,1-4,8-9,11-15,18-19H2,(H,30,31)/b23-5+. The van der Waals surface area contributed by atoms with Crippen molar-refractivity contribution in [3.63, 3.8) is 0 Å². The predicted octanol–water partition coefficient (Wildman–Crippen LogP) is 5.04. The molecule has 0 unspecified atom stereocenters. The van der Waals surface area contributed by atoms with Crippen molar-refractivity contribution in [1.29, 1.82) is 0 Å². The van der Waals surface area contributed by atoms with Gasteiger partial charge in [-0.15, -0.1) is 11.3 Å². The monoisotopic (exact) mass is 466 g/mol. The van der Waals surface area contributed by atoms with Gasteiger partial charge in [0.25, 0.3) is 0 Å². The Labute approximate surface area is 200 Å². The number of nitrogens with zero attached hydrogens (tertiary/aromatic N) is 2. The van der Waals surface area contributed by atoms with E-state index in [0.717, 1.165) is 35.9 Å². The Morgan fingerprint density at radius 3 is 2.73 bits per heavy atom. The highest BCUT2D eigenvalue weighted by atomic mass is 32.1. The molecule has 5 rings (SSSR count). The molecule has 3 aliphatic heterocycles. The van der Waals surface area contributed by atoms with Gasteiger partial charge in [0, 0.05) is 28.6 Å². The second-order valence-electron chi connectivity index (χ2n) is 9.54. The number of hydrogen-bond donors (Lipinski definition) is 1. The van der Waals surface area contributed by atoms with Gasteiger partial charge in [-0.1, -0.05) is 18.6 Å². The first-order valence-corrected chi connectivity index (χ1v) is 13.3. The Morgan fingerprint density at radius 1 is 1.12 bits per heavy atom. The minimum atomic E-state index is -0.806. The number of thiophene rings is 1. The van der Waals surface area contributed by atoms with E-state index in [1.54, 1.807) is 11.3 Å². The normalized spacial score (nSPS) is 21.3. The lowest BCUT2D eigenvalue weighted by molar-refractivity contribution is -0.136. The minimum absolute atomic E-state index is 0.0316. The van der Waals surface area contributed by atoms with E-state index in [0.29, 0.717) is 6.61 Å². The lowest BCUT2D eigenvalue weighted by Crippen LogP contribution is -2.46. The van der Waals surface area contributed by atoms with E-state index in [1.807, 2.05) is 18.2 Å². The number of rotatable bonds is 6. The lowest BCUT2D eigenvalue weighted by Gasteiger charge is -2.40. The summed E-state index contributed by atoms with van der Waals surface area (Å²) in [5, 5.41) is 11.4. The summed E-state index contributed by atoms with van der Waals surface area (Å²) in [6, 6.07) is 8.74. The fourth-order valence-corrected chi connectivity index (χ4v) is 6.51. The molecular weight excluding hydrogens is 432 g/mol. The highest BCUT2D eigenvalue weighted by molar-refractivity contribution is 7.11. The molecule has 1 aromatic heterocycles. The number of benzene rings is 1. The first-order valence-electron chi connectivity index (χ1n) is 12.4. The molecule has 5 nitrogen and oxygen atoms in total. The van der Waals surface area contributed by atoms with Crippen molar-refractivity contribution in [1.82, 2.24) is 9.80 Å². The van der Waals surface area contributed by atoms with Crippen molar-refractivity contribution in [3.05, 3.63) is 57.3 Å². The highest BCUT2D eigenvalue weighted by Gasteiger charge is 2.25. The number of carboxylic acids is 1. The van der Waals surface area contributed by atoms with Gasteiger partial charge in [0.05, 0.1) is 6.42 Å². The number of fused-ring (bicyclic) bond motifs is 2. The Kier molecular flexibility index (Phi) is 7.14. The lowest BCUT2D eigenvalue weighted by atomic mass is 9.97. The maximum Gasteiger partial charge on any atom is 0.307 e. The van der Waals surface area contributed by atoms with Gasteiger partial charge in [0.15, 0.2) is 0 Å². The smallest absolute Gasteiger partial charge is 0.307 e. The largest absolute Gasteiger partial charge is 0.488 e. The van der Waals surface area contributed by atoms with E-state index in [1.165, 1.54) is 74.3 Å². The maximum atomic E-state index is 11.3. The van der Waals surface area contributed by atoms with Gasteiger partial charge >= 0.3 is 5.97 Å². The fourth-order valence-electron chi connectivity index (χ4n) is 5.55. The van der Waals surface area contributed by atoms with Gasteiger partial charge in [-0.25, -0.2) is 0 Å². The number of likely N-dealkylation sites (tertiary alicyclic amines) is 2. The molecule has 2 saturated heterocycles. The number of carbonyl (C=O) groups is 1. The molecule has 176 valence electrons. The zero-order chi connectivity index (χ0) is 22.6. The minimum Gasteiger partial charge on any atom is -0.488 e. The third kappa shape index (κ3) is 5.34. The van der Waals surface area contributed by atoms with Crippen molar-refractivity contribution in [3.8, 4) is 5.75 Å². The van der Waals surface area contributed by atoms with Gasteiger partial charge < -0.3 is 19.6 Å². The molecule has 2 aromatic rings. The summed E-state index contributed by atoms with van der Waals surface area (Å²) < 4.78 is 6.09. The average molecular weight is 467 g/mol. The van der Waals surface area contributed by atoms with E-state index in [2.05, 4.69) is 27.3 Å². The van der Waals surface area contributed by atoms with E-state index >= 15 is 0 Å². The van der Waals surface area contributed by atoms with Crippen LogP contribution in [0.5, 0.6) is 5.75 Å². The number of aliphatic carboxylic acids is 1. The van der Waals surface area contributed by atoms with Crippen LogP contribution in [0.3, 0.4) is 0 Å². The van der Waals surface area contributed by atoms with Gasteiger partial charge in [-0.2, -0.15) is 0 Å². The van der Waals surface area contributed by atoms with Crippen LogP contribution >= 0.6 is 11.3 Å². The van der Waals surface area contributed by atoms with Crippen molar-refractivity contribution < 1.29 is 14.6 Å². The SMILES string of the molecule is O=C(O)Cc1ccc2c(c1)/C(=C\CCN1CCC(N3CCCCC3)CC1)c1sccc1CO2. The predicted molar refractivity (Wildman–Crippen MR) is 133 cm³/mol. The average Bonchev–Trinajstić information content (AvgIpc) is 3.25. The third-order valence-corrected chi connectivity index (χ3v) is 8.31. The Hall–Kier alpha value is -2.15. The molecule has 1 aromatic carbocycles.